The van der Waals surface area contributed by atoms with Crippen LogP contribution in [0.2, 0.25) is 0 Å². The minimum absolute atomic E-state index is 0.0673. The van der Waals surface area contributed by atoms with Crippen molar-refractivity contribution in [3.05, 3.63) is 33.3 Å². The van der Waals surface area contributed by atoms with Gasteiger partial charge in [-0.2, -0.15) is 5.10 Å². The molecule has 3 rings (SSSR count). The van der Waals surface area contributed by atoms with Crippen molar-refractivity contribution in [2.75, 3.05) is 13.6 Å². The van der Waals surface area contributed by atoms with Crippen LogP contribution in [0.15, 0.2) is 9.32 Å². The van der Waals surface area contributed by atoms with Crippen LogP contribution in [-0.4, -0.2) is 43.9 Å². The van der Waals surface area contributed by atoms with Gasteiger partial charge in [-0.15, -0.1) is 0 Å². The summed E-state index contributed by atoms with van der Waals surface area (Å²) in [6.45, 7) is 7.49. The van der Waals surface area contributed by atoms with Gasteiger partial charge >= 0.3 is 5.69 Å². The number of aryl methyl sites for hydroxylation is 4. The summed E-state index contributed by atoms with van der Waals surface area (Å²) >= 11 is 0. The summed E-state index contributed by atoms with van der Waals surface area (Å²) in [6.07, 6.45) is 2.81. The standard InChI is InChI=1S/C18H27N5O3/c1-5-23-18(25)22-11-8-14(6-7-16(22)19-23)17(24)21(4)10-9-15-12(2)20-26-13(15)3/h14H,5-11H2,1-4H3. The molecule has 0 radical (unpaired) electrons. The second kappa shape index (κ2) is 7.47. The van der Waals surface area contributed by atoms with Crippen LogP contribution in [0.5, 0.6) is 0 Å². The van der Waals surface area contributed by atoms with E-state index in [0.717, 1.165) is 35.7 Å². The van der Waals surface area contributed by atoms with Gasteiger partial charge in [-0.05, 0) is 40.0 Å². The minimum Gasteiger partial charge on any atom is -0.361 e. The molecule has 0 saturated heterocycles. The van der Waals surface area contributed by atoms with Gasteiger partial charge in [0.05, 0.1) is 5.69 Å². The zero-order valence-corrected chi connectivity index (χ0v) is 16.0. The highest BCUT2D eigenvalue weighted by molar-refractivity contribution is 5.78. The third kappa shape index (κ3) is 3.45. The molecule has 1 aliphatic rings. The molecular weight excluding hydrogens is 334 g/mol. The maximum atomic E-state index is 12.8. The lowest BCUT2D eigenvalue weighted by Crippen LogP contribution is -2.35. The van der Waals surface area contributed by atoms with Crippen LogP contribution >= 0.6 is 0 Å². The zero-order valence-electron chi connectivity index (χ0n) is 16.0. The van der Waals surface area contributed by atoms with Crippen LogP contribution in [0.3, 0.4) is 0 Å². The molecular formula is C18H27N5O3. The van der Waals surface area contributed by atoms with Crippen molar-refractivity contribution in [1.82, 2.24) is 24.4 Å². The Morgan fingerprint density at radius 2 is 2.12 bits per heavy atom. The fourth-order valence-electron chi connectivity index (χ4n) is 3.64. The molecule has 0 N–H and O–H groups in total. The van der Waals surface area contributed by atoms with E-state index in [1.54, 1.807) is 9.47 Å². The lowest BCUT2D eigenvalue weighted by atomic mass is 9.98. The first-order chi connectivity index (χ1) is 12.4. The minimum atomic E-state index is -0.0687. The number of nitrogens with zero attached hydrogens (tertiary/aromatic N) is 5. The Morgan fingerprint density at radius 3 is 2.77 bits per heavy atom. The first kappa shape index (κ1) is 18.4. The van der Waals surface area contributed by atoms with Crippen molar-refractivity contribution in [3.63, 3.8) is 0 Å². The maximum absolute atomic E-state index is 12.8. The maximum Gasteiger partial charge on any atom is 0.345 e. The molecule has 0 bridgehead atoms. The van der Waals surface area contributed by atoms with E-state index >= 15 is 0 Å². The number of rotatable bonds is 5. The molecule has 1 atom stereocenters. The van der Waals surface area contributed by atoms with Crippen molar-refractivity contribution in [2.45, 2.75) is 59.5 Å². The van der Waals surface area contributed by atoms with E-state index in [-0.39, 0.29) is 17.5 Å². The van der Waals surface area contributed by atoms with Crippen molar-refractivity contribution in [1.29, 1.82) is 0 Å². The number of hydrogen-bond donors (Lipinski definition) is 0. The van der Waals surface area contributed by atoms with Gasteiger partial charge in [-0.1, -0.05) is 5.16 Å². The molecule has 8 heteroatoms. The number of fused-ring (bicyclic) bond motifs is 1. The summed E-state index contributed by atoms with van der Waals surface area (Å²) in [6, 6.07) is 0. The average Bonchev–Trinajstić information content (AvgIpc) is 3.01. The van der Waals surface area contributed by atoms with Crippen molar-refractivity contribution < 1.29 is 9.32 Å². The third-order valence-electron chi connectivity index (χ3n) is 5.32. The molecule has 1 aliphatic heterocycles. The number of likely N-dealkylation sites (N-methyl/N-ethyl adjacent to an activating group) is 1. The van der Waals surface area contributed by atoms with Crippen LogP contribution in [-0.2, 0) is 30.7 Å². The summed E-state index contributed by atoms with van der Waals surface area (Å²) in [7, 11) is 1.84. The average molecular weight is 361 g/mol. The van der Waals surface area contributed by atoms with Crippen molar-refractivity contribution >= 4 is 5.91 Å². The molecule has 26 heavy (non-hydrogen) atoms. The van der Waals surface area contributed by atoms with Gasteiger partial charge in [0.2, 0.25) is 5.91 Å². The number of aromatic nitrogens is 4. The van der Waals surface area contributed by atoms with E-state index in [1.165, 1.54) is 4.68 Å². The fourth-order valence-corrected chi connectivity index (χ4v) is 3.64. The lowest BCUT2D eigenvalue weighted by molar-refractivity contribution is -0.134. The van der Waals surface area contributed by atoms with Crippen molar-refractivity contribution in [2.24, 2.45) is 5.92 Å². The Hall–Kier alpha value is -2.38. The first-order valence-corrected chi connectivity index (χ1v) is 9.25. The molecule has 142 valence electrons. The molecule has 2 aromatic heterocycles. The van der Waals surface area contributed by atoms with E-state index in [1.807, 2.05) is 27.8 Å². The molecule has 1 unspecified atom stereocenters. The van der Waals surface area contributed by atoms with Crippen LogP contribution in [0.4, 0.5) is 0 Å². The largest absolute Gasteiger partial charge is 0.361 e. The quantitative estimate of drug-likeness (QED) is 0.802. The summed E-state index contributed by atoms with van der Waals surface area (Å²) < 4.78 is 8.40. The Balaban J connectivity index is 1.61. The van der Waals surface area contributed by atoms with Gasteiger partial charge in [-0.25, -0.2) is 9.48 Å². The Morgan fingerprint density at radius 1 is 1.35 bits per heavy atom. The summed E-state index contributed by atoms with van der Waals surface area (Å²) in [5.74, 6) is 1.68. The van der Waals surface area contributed by atoms with Gasteiger partial charge in [-0.3, -0.25) is 9.36 Å². The molecule has 0 aliphatic carbocycles. The van der Waals surface area contributed by atoms with Crippen LogP contribution in [0.25, 0.3) is 0 Å². The summed E-state index contributed by atoms with van der Waals surface area (Å²) in [5.41, 5.74) is 1.89. The number of amides is 1. The van der Waals surface area contributed by atoms with Crippen LogP contribution in [0, 0.1) is 19.8 Å². The summed E-state index contributed by atoms with van der Waals surface area (Å²) in [5, 5.41) is 8.34. The fraction of sp³-hybridized carbons (Fsp3) is 0.667. The topological polar surface area (TPSA) is 86.2 Å². The third-order valence-corrected chi connectivity index (χ3v) is 5.32. The highest BCUT2D eigenvalue weighted by Crippen LogP contribution is 2.20. The van der Waals surface area contributed by atoms with Gasteiger partial charge in [0.15, 0.2) is 0 Å². The molecule has 2 aromatic rings. The van der Waals surface area contributed by atoms with E-state index < -0.39 is 0 Å². The number of hydrogen-bond acceptors (Lipinski definition) is 5. The van der Waals surface area contributed by atoms with Gasteiger partial charge < -0.3 is 9.42 Å². The normalized spacial score (nSPS) is 17.0. The number of carbonyl (C=O) groups excluding carboxylic acids is 1. The van der Waals surface area contributed by atoms with Gasteiger partial charge in [0, 0.05) is 44.6 Å². The molecule has 0 aromatic carbocycles. The van der Waals surface area contributed by atoms with Crippen LogP contribution in [0.1, 0.15) is 42.6 Å². The van der Waals surface area contributed by atoms with E-state index in [0.29, 0.717) is 32.5 Å². The summed E-state index contributed by atoms with van der Waals surface area (Å²) in [4.78, 5) is 26.9. The highest BCUT2D eigenvalue weighted by Gasteiger charge is 2.27. The molecule has 1 amide bonds. The van der Waals surface area contributed by atoms with Gasteiger partial charge in [0.1, 0.15) is 11.6 Å². The van der Waals surface area contributed by atoms with E-state index in [2.05, 4.69) is 10.3 Å². The Labute approximate surface area is 152 Å². The second-order valence-electron chi connectivity index (χ2n) is 7.00. The Bertz CT molecular complexity index is 828. The monoisotopic (exact) mass is 361 g/mol. The Kier molecular flexibility index (Phi) is 5.29. The molecule has 0 saturated carbocycles. The molecule has 0 fully saturated rings. The SMILES string of the molecule is CCn1nc2n(c1=O)CCC(C(=O)N(C)CCc1c(C)noc1C)CC2. The molecule has 3 heterocycles. The van der Waals surface area contributed by atoms with Crippen LogP contribution < -0.4 is 5.69 Å². The van der Waals surface area contributed by atoms with E-state index in [4.69, 9.17) is 4.52 Å². The number of carbonyl (C=O) groups is 1. The second-order valence-corrected chi connectivity index (χ2v) is 7.00. The predicted octanol–water partition coefficient (Wildman–Crippen LogP) is 1.32. The van der Waals surface area contributed by atoms with E-state index in [9.17, 15) is 9.59 Å². The molecule has 0 spiro atoms. The highest BCUT2D eigenvalue weighted by atomic mass is 16.5. The first-order valence-electron chi connectivity index (χ1n) is 9.25. The zero-order chi connectivity index (χ0) is 18.8. The van der Waals surface area contributed by atoms with Crippen molar-refractivity contribution in [3.8, 4) is 0 Å². The molecule has 8 nitrogen and oxygen atoms in total. The van der Waals surface area contributed by atoms with Gasteiger partial charge in [0.25, 0.3) is 0 Å². The predicted molar refractivity (Wildman–Crippen MR) is 95.9 cm³/mol. The smallest absolute Gasteiger partial charge is 0.345 e. The lowest BCUT2D eigenvalue weighted by Gasteiger charge is -2.22.